The molecule has 1 aliphatic heterocycles. The Morgan fingerprint density at radius 1 is 1.08 bits per heavy atom. The molecule has 0 saturated carbocycles. The molecule has 0 spiro atoms. The summed E-state index contributed by atoms with van der Waals surface area (Å²) in [6, 6.07) is 16.1. The highest BCUT2D eigenvalue weighted by atomic mass is 35.5. The summed E-state index contributed by atoms with van der Waals surface area (Å²) in [4.78, 5) is 14.3. The minimum Gasteiger partial charge on any atom is -0.339 e. The lowest BCUT2D eigenvalue weighted by molar-refractivity contribution is 0.0793. The van der Waals surface area contributed by atoms with Crippen LogP contribution in [0.25, 0.3) is 0 Å². The summed E-state index contributed by atoms with van der Waals surface area (Å²) in [5.41, 5.74) is 3.17. The molecule has 1 aliphatic rings. The lowest BCUT2D eigenvalue weighted by Crippen LogP contribution is -2.27. The van der Waals surface area contributed by atoms with Crippen LogP contribution in [0.15, 0.2) is 48.5 Å². The van der Waals surface area contributed by atoms with Gasteiger partial charge in [-0.05, 0) is 55.2 Å². The minimum atomic E-state index is 0.154. The monoisotopic (exact) mass is 342 g/mol. The zero-order valence-corrected chi connectivity index (χ0v) is 14.7. The van der Waals surface area contributed by atoms with Crippen molar-refractivity contribution in [3.05, 3.63) is 70.2 Å². The number of amides is 1. The van der Waals surface area contributed by atoms with Gasteiger partial charge in [0.2, 0.25) is 0 Å². The SMILES string of the molecule is C[C@H](NCc1ccc(C(=O)N2CCCC2)cc1)c1ccc(Cl)cc1. The molecule has 1 atom stereocenters. The van der Waals surface area contributed by atoms with Crippen molar-refractivity contribution in [1.82, 2.24) is 10.2 Å². The molecule has 2 aromatic rings. The minimum absolute atomic E-state index is 0.154. The number of nitrogens with one attached hydrogen (secondary N) is 1. The maximum atomic E-state index is 12.3. The van der Waals surface area contributed by atoms with E-state index in [1.165, 1.54) is 11.1 Å². The average molecular weight is 343 g/mol. The molecule has 126 valence electrons. The van der Waals surface area contributed by atoms with Gasteiger partial charge in [0.1, 0.15) is 0 Å². The lowest BCUT2D eigenvalue weighted by Gasteiger charge is -2.16. The van der Waals surface area contributed by atoms with Crippen molar-refractivity contribution in [2.45, 2.75) is 32.4 Å². The van der Waals surface area contributed by atoms with Crippen molar-refractivity contribution in [2.24, 2.45) is 0 Å². The molecule has 4 heteroatoms. The van der Waals surface area contributed by atoms with E-state index < -0.39 is 0 Å². The van der Waals surface area contributed by atoms with Crippen LogP contribution in [0.1, 0.15) is 47.3 Å². The van der Waals surface area contributed by atoms with Crippen molar-refractivity contribution < 1.29 is 4.79 Å². The van der Waals surface area contributed by atoms with Gasteiger partial charge in [0, 0.05) is 36.3 Å². The van der Waals surface area contributed by atoms with E-state index in [0.29, 0.717) is 0 Å². The summed E-state index contributed by atoms with van der Waals surface area (Å²) in [5.74, 6) is 0.154. The van der Waals surface area contributed by atoms with Gasteiger partial charge in [-0.15, -0.1) is 0 Å². The molecule has 0 radical (unpaired) electrons. The fraction of sp³-hybridized carbons (Fsp3) is 0.350. The predicted octanol–water partition coefficient (Wildman–Crippen LogP) is 4.43. The van der Waals surface area contributed by atoms with Gasteiger partial charge < -0.3 is 10.2 Å². The molecule has 1 saturated heterocycles. The van der Waals surface area contributed by atoms with Crippen molar-refractivity contribution in [3.63, 3.8) is 0 Å². The second-order valence-corrected chi connectivity index (χ2v) is 6.79. The van der Waals surface area contributed by atoms with E-state index in [-0.39, 0.29) is 11.9 Å². The topological polar surface area (TPSA) is 32.3 Å². The third-order valence-corrected chi connectivity index (χ3v) is 4.83. The molecule has 24 heavy (non-hydrogen) atoms. The maximum absolute atomic E-state index is 12.3. The predicted molar refractivity (Wildman–Crippen MR) is 98.3 cm³/mol. The highest BCUT2D eigenvalue weighted by Crippen LogP contribution is 2.17. The van der Waals surface area contributed by atoms with Gasteiger partial charge in [-0.1, -0.05) is 35.9 Å². The van der Waals surface area contributed by atoms with Crippen LogP contribution < -0.4 is 5.32 Å². The maximum Gasteiger partial charge on any atom is 0.253 e. The molecule has 1 heterocycles. The summed E-state index contributed by atoms with van der Waals surface area (Å²) < 4.78 is 0. The van der Waals surface area contributed by atoms with Crippen LogP contribution >= 0.6 is 11.6 Å². The van der Waals surface area contributed by atoms with E-state index in [1.807, 2.05) is 53.4 Å². The number of rotatable bonds is 5. The van der Waals surface area contributed by atoms with Crippen LogP contribution in [0.4, 0.5) is 0 Å². The largest absolute Gasteiger partial charge is 0.339 e. The Morgan fingerprint density at radius 2 is 1.71 bits per heavy atom. The number of benzene rings is 2. The number of carbonyl (C=O) groups is 1. The number of hydrogen-bond donors (Lipinski definition) is 1. The smallest absolute Gasteiger partial charge is 0.253 e. The second-order valence-electron chi connectivity index (χ2n) is 6.35. The molecule has 0 bridgehead atoms. The van der Waals surface area contributed by atoms with Gasteiger partial charge >= 0.3 is 0 Å². The van der Waals surface area contributed by atoms with Crippen LogP contribution in [0.5, 0.6) is 0 Å². The first-order chi connectivity index (χ1) is 11.6. The zero-order valence-electron chi connectivity index (χ0n) is 14.0. The van der Waals surface area contributed by atoms with Gasteiger partial charge in [0.05, 0.1) is 0 Å². The first-order valence-corrected chi connectivity index (χ1v) is 8.88. The molecule has 1 N–H and O–H groups in total. The normalized spacial score (nSPS) is 15.5. The van der Waals surface area contributed by atoms with Crippen molar-refractivity contribution in [1.29, 1.82) is 0 Å². The Morgan fingerprint density at radius 3 is 2.33 bits per heavy atom. The molecule has 3 nitrogen and oxygen atoms in total. The Balaban J connectivity index is 1.56. The quantitative estimate of drug-likeness (QED) is 0.872. The lowest BCUT2D eigenvalue weighted by atomic mass is 10.1. The second kappa shape index (κ2) is 7.82. The Hall–Kier alpha value is -1.84. The summed E-state index contributed by atoms with van der Waals surface area (Å²) in [7, 11) is 0. The molecule has 1 amide bonds. The molecular formula is C20H23ClN2O. The van der Waals surface area contributed by atoms with E-state index in [0.717, 1.165) is 43.1 Å². The van der Waals surface area contributed by atoms with Crippen molar-refractivity contribution in [2.75, 3.05) is 13.1 Å². The van der Waals surface area contributed by atoms with E-state index in [2.05, 4.69) is 12.2 Å². The van der Waals surface area contributed by atoms with Crippen LogP contribution in [0.3, 0.4) is 0 Å². The van der Waals surface area contributed by atoms with Crippen LogP contribution in [0, 0.1) is 0 Å². The molecule has 0 aromatic heterocycles. The number of carbonyl (C=O) groups excluding carboxylic acids is 1. The standard InChI is InChI=1S/C20H23ClN2O/c1-15(17-8-10-19(21)11-9-17)22-14-16-4-6-18(7-5-16)20(24)23-12-2-3-13-23/h4-11,15,22H,2-3,12-14H2,1H3/t15-/m0/s1. The van der Waals surface area contributed by atoms with E-state index in [1.54, 1.807) is 0 Å². The highest BCUT2D eigenvalue weighted by molar-refractivity contribution is 6.30. The molecular weight excluding hydrogens is 320 g/mol. The van der Waals surface area contributed by atoms with Crippen LogP contribution in [-0.2, 0) is 6.54 Å². The highest BCUT2D eigenvalue weighted by Gasteiger charge is 2.19. The number of hydrogen-bond acceptors (Lipinski definition) is 2. The fourth-order valence-electron chi connectivity index (χ4n) is 3.01. The Bertz CT molecular complexity index is 676. The van der Waals surface area contributed by atoms with Gasteiger partial charge in [0.25, 0.3) is 5.91 Å². The summed E-state index contributed by atoms with van der Waals surface area (Å²) in [6.07, 6.45) is 2.24. The van der Waals surface area contributed by atoms with Gasteiger partial charge in [-0.25, -0.2) is 0 Å². The van der Waals surface area contributed by atoms with E-state index in [4.69, 9.17) is 11.6 Å². The summed E-state index contributed by atoms with van der Waals surface area (Å²) in [6.45, 7) is 4.68. The molecule has 3 rings (SSSR count). The van der Waals surface area contributed by atoms with Gasteiger partial charge in [-0.2, -0.15) is 0 Å². The van der Waals surface area contributed by atoms with Crippen LogP contribution in [0.2, 0.25) is 5.02 Å². The number of halogens is 1. The fourth-order valence-corrected chi connectivity index (χ4v) is 3.13. The van der Waals surface area contributed by atoms with E-state index >= 15 is 0 Å². The third kappa shape index (κ3) is 4.16. The Labute approximate surface area is 148 Å². The van der Waals surface area contributed by atoms with Crippen molar-refractivity contribution in [3.8, 4) is 0 Å². The zero-order chi connectivity index (χ0) is 16.9. The first kappa shape index (κ1) is 17.0. The molecule has 1 fully saturated rings. The van der Waals surface area contributed by atoms with Crippen LogP contribution in [-0.4, -0.2) is 23.9 Å². The molecule has 0 aliphatic carbocycles. The summed E-state index contributed by atoms with van der Waals surface area (Å²) in [5, 5.41) is 4.25. The summed E-state index contributed by atoms with van der Waals surface area (Å²) >= 11 is 5.93. The number of likely N-dealkylation sites (tertiary alicyclic amines) is 1. The van der Waals surface area contributed by atoms with Gasteiger partial charge in [-0.3, -0.25) is 4.79 Å². The molecule has 0 unspecified atom stereocenters. The van der Waals surface area contributed by atoms with Crippen molar-refractivity contribution >= 4 is 17.5 Å². The first-order valence-electron chi connectivity index (χ1n) is 8.50. The Kier molecular flexibility index (Phi) is 5.54. The van der Waals surface area contributed by atoms with E-state index in [9.17, 15) is 4.79 Å². The third-order valence-electron chi connectivity index (χ3n) is 4.58. The average Bonchev–Trinajstić information content (AvgIpc) is 3.15. The number of nitrogens with zero attached hydrogens (tertiary/aromatic N) is 1. The van der Waals surface area contributed by atoms with Gasteiger partial charge in [0.15, 0.2) is 0 Å². The molecule has 2 aromatic carbocycles.